The van der Waals surface area contributed by atoms with Gasteiger partial charge in [0.1, 0.15) is 17.6 Å². The molecule has 0 spiro atoms. The summed E-state index contributed by atoms with van der Waals surface area (Å²) < 4.78 is 19.6. The fraction of sp³-hybridized carbons (Fsp3) is 0.941. The molecule has 4 nitrogen and oxygen atoms in total. The SMILES string of the molecule is CCOC1CC(F)CCC1C1(O)C(N)=NC2CCC(C)CC21. The van der Waals surface area contributed by atoms with Crippen LogP contribution >= 0.6 is 0 Å². The Balaban J connectivity index is 1.88. The van der Waals surface area contributed by atoms with Gasteiger partial charge in [-0.05, 0) is 44.9 Å². The fourth-order valence-corrected chi connectivity index (χ4v) is 4.91. The summed E-state index contributed by atoms with van der Waals surface area (Å²) in [7, 11) is 0. The van der Waals surface area contributed by atoms with E-state index in [0.717, 1.165) is 19.3 Å². The molecule has 1 aliphatic heterocycles. The molecule has 3 rings (SSSR count). The number of aliphatic imine (C=N–C) groups is 1. The number of hydrogen-bond donors (Lipinski definition) is 2. The Labute approximate surface area is 132 Å². The summed E-state index contributed by atoms with van der Waals surface area (Å²) in [5.41, 5.74) is 5.08. The maximum atomic E-state index is 13.8. The number of nitrogens with zero attached hydrogens (tertiary/aromatic N) is 1. The van der Waals surface area contributed by atoms with Crippen LogP contribution in [0.25, 0.3) is 0 Å². The zero-order valence-electron chi connectivity index (χ0n) is 13.7. The Hall–Kier alpha value is -0.680. The number of nitrogens with two attached hydrogens (primary N) is 1. The molecule has 0 saturated heterocycles. The van der Waals surface area contributed by atoms with Crippen molar-refractivity contribution in [1.82, 2.24) is 0 Å². The van der Waals surface area contributed by atoms with Gasteiger partial charge in [-0.25, -0.2) is 4.39 Å². The third-order valence-corrected chi connectivity index (χ3v) is 6.03. The lowest BCUT2D eigenvalue weighted by Crippen LogP contribution is -2.59. The first-order valence-electron chi connectivity index (χ1n) is 8.78. The number of rotatable bonds is 3. The van der Waals surface area contributed by atoms with Crippen LogP contribution in [0.1, 0.15) is 52.4 Å². The van der Waals surface area contributed by atoms with Crippen LogP contribution < -0.4 is 5.73 Å². The molecule has 0 aromatic heterocycles. The molecule has 0 amide bonds. The predicted octanol–water partition coefficient (Wildman–Crippen LogP) is 2.44. The van der Waals surface area contributed by atoms with Gasteiger partial charge in [-0.3, -0.25) is 4.99 Å². The van der Waals surface area contributed by atoms with Crippen molar-refractivity contribution in [2.24, 2.45) is 28.5 Å². The molecule has 0 bridgehead atoms. The molecular formula is C17H29FN2O2. The smallest absolute Gasteiger partial charge is 0.131 e. The van der Waals surface area contributed by atoms with E-state index in [4.69, 9.17) is 10.5 Å². The van der Waals surface area contributed by atoms with Crippen molar-refractivity contribution < 1.29 is 14.2 Å². The summed E-state index contributed by atoms with van der Waals surface area (Å²) >= 11 is 0. The van der Waals surface area contributed by atoms with Gasteiger partial charge in [0.05, 0.1) is 12.1 Å². The van der Waals surface area contributed by atoms with Crippen molar-refractivity contribution >= 4 is 5.84 Å². The highest BCUT2D eigenvalue weighted by Gasteiger charge is 2.58. The van der Waals surface area contributed by atoms with Crippen LogP contribution in [0.15, 0.2) is 4.99 Å². The fourth-order valence-electron chi connectivity index (χ4n) is 4.91. The molecule has 7 atom stereocenters. The van der Waals surface area contributed by atoms with Crippen LogP contribution in [0.5, 0.6) is 0 Å². The van der Waals surface area contributed by atoms with Crippen molar-refractivity contribution in [2.45, 2.75) is 76.3 Å². The summed E-state index contributed by atoms with van der Waals surface area (Å²) in [6.45, 7) is 4.68. The molecule has 7 unspecified atom stereocenters. The normalized spacial score (nSPS) is 48.8. The van der Waals surface area contributed by atoms with Gasteiger partial charge in [0.2, 0.25) is 0 Å². The van der Waals surface area contributed by atoms with E-state index in [1.54, 1.807) is 0 Å². The molecule has 5 heteroatoms. The first kappa shape index (κ1) is 16.2. The summed E-state index contributed by atoms with van der Waals surface area (Å²) in [6, 6.07) is 0.131. The van der Waals surface area contributed by atoms with Crippen LogP contribution in [-0.4, -0.2) is 41.5 Å². The number of hydrogen-bond acceptors (Lipinski definition) is 4. The third-order valence-electron chi connectivity index (χ3n) is 6.03. The van der Waals surface area contributed by atoms with E-state index in [1.165, 1.54) is 0 Å². The topological polar surface area (TPSA) is 67.8 Å². The van der Waals surface area contributed by atoms with Crippen molar-refractivity contribution in [3.05, 3.63) is 0 Å². The zero-order valence-corrected chi connectivity index (χ0v) is 13.7. The highest BCUT2D eigenvalue weighted by molar-refractivity contribution is 5.91. The molecule has 0 aromatic rings. The van der Waals surface area contributed by atoms with Gasteiger partial charge in [0, 0.05) is 24.9 Å². The number of fused-ring (bicyclic) bond motifs is 1. The summed E-state index contributed by atoms with van der Waals surface area (Å²) in [5, 5.41) is 11.5. The second kappa shape index (κ2) is 6.08. The number of aliphatic hydroxyl groups is 1. The predicted molar refractivity (Wildman–Crippen MR) is 84.5 cm³/mol. The van der Waals surface area contributed by atoms with Crippen LogP contribution in [0.4, 0.5) is 4.39 Å². The van der Waals surface area contributed by atoms with Gasteiger partial charge in [0.25, 0.3) is 0 Å². The van der Waals surface area contributed by atoms with Gasteiger partial charge in [-0.2, -0.15) is 0 Å². The Bertz CT molecular complexity index is 444. The van der Waals surface area contributed by atoms with Crippen molar-refractivity contribution in [1.29, 1.82) is 0 Å². The summed E-state index contributed by atoms with van der Waals surface area (Å²) in [6.07, 6.45) is 3.45. The Kier molecular flexibility index (Phi) is 4.47. The van der Waals surface area contributed by atoms with E-state index in [9.17, 15) is 9.50 Å². The van der Waals surface area contributed by atoms with Gasteiger partial charge < -0.3 is 15.6 Å². The van der Waals surface area contributed by atoms with E-state index >= 15 is 0 Å². The largest absolute Gasteiger partial charge is 0.385 e. The molecule has 3 aliphatic rings. The average Bonchev–Trinajstić information content (AvgIpc) is 2.72. The van der Waals surface area contributed by atoms with Crippen LogP contribution in [0.2, 0.25) is 0 Å². The van der Waals surface area contributed by atoms with Gasteiger partial charge in [-0.1, -0.05) is 6.92 Å². The lowest BCUT2D eigenvalue weighted by atomic mass is 9.63. The minimum absolute atomic E-state index is 0.0698. The van der Waals surface area contributed by atoms with E-state index in [2.05, 4.69) is 11.9 Å². The molecule has 2 saturated carbocycles. The Morgan fingerprint density at radius 3 is 2.77 bits per heavy atom. The quantitative estimate of drug-likeness (QED) is 0.841. The Morgan fingerprint density at radius 2 is 2.05 bits per heavy atom. The van der Waals surface area contributed by atoms with E-state index in [1.807, 2.05) is 6.92 Å². The van der Waals surface area contributed by atoms with E-state index in [0.29, 0.717) is 37.6 Å². The van der Waals surface area contributed by atoms with Crippen LogP contribution in [0, 0.1) is 17.8 Å². The lowest BCUT2D eigenvalue weighted by Gasteiger charge is -2.46. The van der Waals surface area contributed by atoms with E-state index in [-0.39, 0.29) is 24.0 Å². The molecule has 0 aromatic carbocycles. The van der Waals surface area contributed by atoms with Crippen LogP contribution in [-0.2, 0) is 4.74 Å². The zero-order chi connectivity index (χ0) is 15.9. The summed E-state index contributed by atoms with van der Waals surface area (Å²) in [4.78, 5) is 4.58. The van der Waals surface area contributed by atoms with Gasteiger partial charge in [0.15, 0.2) is 0 Å². The molecule has 1 heterocycles. The standard InChI is InChI=1S/C17H29FN2O2/c1-3-22-15-9-11(18)5-6-12(15)17(21)13-8-10(2)4-7-14(13)20-16(17)19/h10-15,21H,3-9H2,1-2H3,(H2,19,20). The first-order valence-corrected chi connectivity index (χ1v) is 8.78. The first-order chi connectivity index (χ1) is 10.5. The minimum atomic E-state index is -1.11. The maximum Gasteiger partial charge on any atom is 0.131 e. The number of halogens is 1. The highest BCUT2D eigenvalue weighted by atomic mass is 19.1. The van der Waals surface area contributed by atoms with Gasteiger partial charge in [-0.15, -0.1) is 0 Å². The second-order valence-electron chi connectivity index (χ2n) is 7.44. The molecule has 2 aliphatic carbocycles. The second-order valence-corrected chi connectivity index (χ2v) is 7.44. The molecule has 126 valence electrons. The summed E-state index contributed by atoms with van der Waals surface area (Å²) in [5.74, 6) is 0.879. The molecule has 22 heavy (non-hydrogen) atoms. The molecule has 0 radical (unpaired) electrons. The molecule has 2 fully saturated rings. The number of alkyl halides is 1. The highest BCUT2D eigenvalue weighted by Crippen LogP contribution is 2.49. The maximum absolute atomic E-state index is 13.8. The monoisotopic (exact) mass is 312 g/mol. The Morgan fingerprint density at radius 1 is 1.27 bits per heavy atom. The van der Waals surface area contributed by atoms with Crippen LogP contribution in [0.3, 0.4) is 0 Å². The molecule has 3 N–H and O–H groups in total. The minimum Gasteiger partial charge on any atom is -0.385 e. The van der Waals surface area contributed by atoms with Gasteiger partial charge >= 0.3 is 0 Å². The lowest BCUT2D eigenvalue weighted by molar-refractivity contribution is -0.116. The van der Waals surface area contributed by atoms with E-state index < -0.39 is 11.8 Å². The van der Waals surface area contributed by atoms with Crippen molar-refractivity contribution in [3.8, 4) is 0 Å². The average molecular weight is 312 g/mol. The number of ether oxygens (including phenoxy) is 1. The van der Waals surface area contributed by atoms with Crippen molar-refractivity contribution in [2.75, 3.05) is 6.61 Å². The van der Waals surface area contributed by atoms with Crippen molar-refractivity contribution in [3.63, 3.8) is 0 Å². The number of amidine groups is 1. The third kappa shape index (κ3) is 2.56. The molecular weight excluding hydrogens is 283 g/mol.